The number of H-pyrrole nitrogens is 2. The highest BCUT2D eigenvalue weighted by Crippen LogP contribution is 2.34. The molecule has 0 bridgehead atoms. The third-order valence-electron chi connectivity index (χ3n) is 8.28. The summed E-state index contributed by atoms with van der Waals surface area (Å²) in [5.41, 5.74) is 4.55. The summed E-state index contributed by atoms with van der Waals surface area (Å²) < 4.78 is 56.4. The molecule has 0 aliphatic heterocycles. The van der Waals surface area contributed by atoms with E-state index >= 15 is 4.39 Å². The van der Waals surface area contributed by atoms with Crippen LogP contribution in [-0.2, 0) is 23.1 Å². The topological polar surface area (TPSA) is 154 Å². The Balaban J connectivity index is 1.22. The molecule has 1 fully saturated rings. The Hall–Kier alpha value is -4.66. The Labute approximate surface area is 263 Å². The van der Waals surface area contributed by atoms with Crippen LogP contribution in [0.4, 0.5) is 8.78 Å². The molecule has 0 spiro atoms. The normalized spacial score (nSPS) is 14.2. The number of benzene rings is 1. The van der Waals surface area contributed by atoms with Gasteiger partial charge in [-0.05, 0) is 72.3 Å². The number of hydrogen-bond acceptors (Lipinski definition) is 8. The highest BCUT2D eigenvalue weighted by atomic mass is 32.2. The van der Waals surface area contributed by atoms with Crippen molar-refractivity contribution in [2.75, 3.05) is 12.8 Å². The largest absolute Gasteiger partial charge is 0.321 e. The molecule has 0 atom stereocenters. The fraction of sp³-hybridized carbons (Fsp3) is 0.281. The fourth-order valence-corrected chi connectivity index (χ4v) is 6.50. The molecule has 5 heterocycles. The minimum Gasteiger partial charge on any atom is -0.321 e. The number of hydrogen-bond donors (Lipinski definition) is 4. The molecule has 1 saturated carbocycles. The lowest BCUT2D eigenvalue weighted by molar-refractivity contribution is 0.489. The van der Waals surface area contributed by atoms with Crippen molar-refractivity contribution in [2.24, 2.45) is 5.92 Å². The molecule has 0 amide bonds. The van der Waals surface area contributed by atoms with Gasteiger partial charge in [0.05, 0.1) is 11.6 Å². The van der Waals surface area contributed by atoms with Gasteiger partial charge in [0.1, 0.15) is 22.8 Å². The molecule has 1 aromatic carbocycles. The quantitative estimate of drug-likeness (QED) is 0.158. The van der Waals surface area contributed by atoms with Crippen LogP contribution >= 0.6 is 0 Å². The van der Waals surface area contributed by atoms with E-state index in [9.17, 15) is 12.8 Å². The lowest BCUT2D eigenvalue weighted by Crippen LogP contribution is -2.21. The minimum atomic E-state index is -3.47. The number of rotatable bonds is 10. The molecule has 7 rings (SSSR count). The predicted molar refractivity (Wildman–Crippen MR) is 171 cm³/mol. The van der Waals surface area contributed by atoms with Crippen molar-refractivity contribution in [1.82, 2.24) is 45.2 Å². The van der Waals surface area contributed by atoms with Gasteiger partial charge in [0.15, 0.2) is 17.1 Å². The molecule has 14 heteroatoms. The molecule has 5 aromatic heterocycles. The zero-order valence-corrected chi connectivity index (χ0v) is 25.8. The van der Waals surface area contributed by atoms with Crippen LogP contribution in [-0.4, -0.2) is 56.3 Å². The Morgan fingerprint density at radius 2 is 1.76 bits per heavy atom. The van der Waals surface area contributed by atoms with Crippen molar-refractivity contribution >= 4 is 32.2 Å². The first-order chi connectivity index (χ1) is 22.2. The number of fused-ring (bicyclic) bond motifs is 2. The van der Waals surface area contributed by atoms with Gasteiger partial charge in [0, 0.05) is 54.6 Å². The summed E-state index contributed by atoms with van der Waals surface area (Å²) >= 11 is 0. The van der Waals surface area contributed by atoms with Crippen molar-refractivity contribution in [1.29, 1.82) is 0 Å². The van der Waals surface area contributed by atoms with Crippen LogP contribution in [0, 0.1) is 17.6 Å². The first kappa shape index (κ1) is 30.0. The van der Waals surface area contributed by atoms with Gasteiger partial charge < -0.3 is 10.3 Å². The van der Waals surface area contributed by atoms with E-state index in [-0.39, 0.29) is 34.7 Å². The van der Waals surface area contributed by atoms with Crippen LogP contribution in [0.2, 0.25) is 0 Å². The van der Waals surface area contributed by atoms with Gasteiger partial charge >= 0.3 is 0 Å². The van der Waals surface area contributed by atoms with Crippen molar-refractivity contribution in [2.45, 2.75) is 38.8 Å². The number of halogens is 2. The molecule has 0 unspecified atom stereocenters. The Morgan fingerprint density at radius 3 is 2.59 bits per heavy atom. The molecule has 0 saturated heterocycles. The van der Waals surface area contributed by atoms with Crippen LogP contribution in [0.15, 0.2) is 55.1 Å². The van der Waals surface area contributed by atoms with Crippen LogP contribution in [0.1, 0.15) is 36.8 Å². The van der Waals surface area contributed by atoms with Gasteiger partial charge in [-0.3, -0.25) is 10.1 Å². The monoisotopic (exact) mass is 643 g/mol. The van der Waals surface area contributed by atoms with E-state index in [1.54, 1.807) is 30.7 Å². The fourth-order valence-electron chi connectivity index (χ4n) is 6.07. The second-order valence-corrected chi connectivity index (χ2v) is 13.6. The number of imidazole rings is 1. The lowest BCUT2D eigenvalue weighted by Gasteiger charge is -2.11. The van der Waals surface area contributed by atoms with Crippen molar-refractivity contribution in [3.8, 4) is 33.8 Å². The highest BCUT2D eigenvalue weighted by Gasteiger charge is 2.22. The van der Waals surface area contributed by atoms with Crippen molar-refractivity contribution < 1.29 is 17.2 Å². The summed E-state index contributed by atoms with van der Waals surface area (Å²) in [7, 11) is -3.47. The smallest absolute Gasteiger partial charge is 0.209 e. The number of sulfonamides is 1. The Kier molecular flexibility index (Phi) is 8.01. The predicted octanol–water partition coefficient (Wildman–Crippen LogP) is 5.23. The summed E-state index contributed by atoms with van der Waals surface area (Å²) in [5, 5.41) is 10.8. The Morgan fingerprint density at radius 1 is 0.935 bits per heavy atom. The van der Waals surface area contributed by atoms with E-state index in [2.05, 4.69) is 40.2 Å². The summed E-state index contributed by atoms with van der Waals surface area (Å²) in [5.74, 6) is -0.101. The Bertz CT molecular complexity index is 2180. The molecular weight excluding hydrogens is 612 g/mol. The zero-order valence-electron chi connectivity index (χ0n) is 24.9. The van der Waals surface area contributed by atoms with E-state index in [4.69, 9.17) is 4.98 Å². The van der Waals surface area contributed by atoms with Crippen LogP contribution < -0.4 is 10.0 Å². The van der Waals surface area contributed by atoms with Crippen molar-refractivity contribution in [3.05, 3.63) is 77.9 Å². The second kappa shape index (κ2) is 12.3. The van der Waals surface area contributed by atoms with E-state index in [0.717, 1.165) is 18.4 Å². The van der Waals surface area contributed by atoms with Crippen molar-refractivity contribution in [3.63, 3.8) is 0 Å². The summed E-state index contributed by atoms with van der Waals surface area (Å²) in [6.45, 7) is 1.52. The van der Waals surface area contributed by atoms with Crippen LogP contribution in [0.3, 0.4) is 0 Å². The van der Waals surface area contributed by atoms with Gasteiger partial charge in [-0.25, -0.2) is 36.9 Å². The minimum absolute atomic E-state index is 0.0765. The van der Waals surface area contributed by atoms with Gasteiger partial charge in [-0.15, -0.1) is 0 Å². The molecule has 6 aromatic rings. The maximum atomic E-state index is 16.3. The number of aromatic nitrogens is 7. The first-order valence-electron chi connectivity index (χ1n) is 15.0. The standard InChI is InChI=1S/C32H31F2N9O2S/c1-46(44,45)39-15-19-8-21(11-23(33)10-19)24-6-7-37-31-28(24)40-32(41-31)29-26-27(34)25(17-38-30(26)43-42-29)22-9-20(14-36-16-22)13-35-12-18-4-2-3-5-18/h6-11,14,16-18,35,39H,2-5,12-13,15H2,1H3,(H,37,40,41)(H,38,42,43). The number of nitrogens with one attached hydrogen (secondary N) is 4. The van der Waals surface area contributed by atoms with E-state index in [1.807, 2.05) is 6.07 Å². The lowest BCUT2D eigenvalue weighted by atomic mass is 10.0. The van der Waals surface area contributed by atoms with E-state index < -0.39 is 21.7 Å². The van der Waals surface area contributed by atoms with E-state index in [1.165, 1.54) is 44.0 Å². The van der Waals surface area contributed by atoms with Gasteiger partial charge in [0.25, 0.3) is 0 Å². The maximum Gasteiger partial charge on any atom is 0.209 e. The van der Waals surface area contributed by atoms with Gasteiger partial charge in [-0.2, -0.15) is 5.10 Å². The van der Waals surface area contributed by atoms with E-state index in [0.29, 0.717) is 45.9 Å². The third kappa shape index (κ3) is 6.23. The number of nitrogens with zero attached hydrogens (tertiary/aromatic N) is 5. The average molecular weight is 644 g/mol. The SMILES string of the molecule is CS(=O)(=O)NCc1cc(F)cc(-c2ccnc3[nH]c(-c4n[nH]c5ncc(-c6cncc(CNCC7CCCC7)c6)c(F)c45)nc23)c1. The van der Waals surface area contributed by atoms with Crippen LogP contribution in [0.5, 0.6) is 0 Å². The summed E-state index contributed by atoms with van der Waals surface area (Å²) in [6, 6.07) is 7.87. The van der Waals surface area contributed by atoms with Gasteiger partial charge in [0.2, 0.25) is 10.0 Å². The highest BCUT2D eigenvalue weighted by molar-refractivity contribution is 7.88. The molecule has 1 aliphatic carbocycles. The third-order valence-corrected chi connectivity index (χ3v) is 8.95. The molecular formula is C32H31F2N9O2S. The molecule has 236 valence electrons. The van der Waals surface area contributed by atoms with Gasteiger partial charge in [-0.1, -0.05) is 12.8 Å². The molecule has 11 nitrogen and oxygen atoms in total. The molecule has 0 radical (unpaired) electrons. The van der Waals surface area contributed by atoms with Crippen LogP contribution in [0.25, 0.3) is 56.0 Å². The molecule has 46 heavy (non-hydrogen) atoms. The summed E-state index contributed by atoms with van der Waals surface area (Å²) in [4.78, 5) is 21.0. The summed E-state index contributed by atoms with van der Waals surface area (Å²) in [6.07, 6.45) is 12.5. The average Bonchev–Trinajstić information content (AvgIpc) is 3.80. The number of pyridine rings is 3. The molecule has 1 aliphatic rings. The number of aromatic amines is 2. The molecule has 4 N–H and O–H groups in total. The zero-order chi connectivity index (χ0) is 31.8. The first-order valence-corrected chi connectivity index (χ1v) is 16.9. The maximum absolute atomic E-state index is 16.3. The second-order valence-electron chi connectivity index (χ2n) is 11.7.